The summed E-state index contributed by atoms with van der Waals surface area (Å²) in [6, 6.07) is 8.26. The maximum absolute atomic E-state index is 13.2. The highest BCUT2D eigenvalue weighted by Crippen LogP contribution is 2.28. The first kappa shape index (κ1) is 19.4. The molecule has 10 heteroatoms. The number of carbonyl (C=O) groups is 1. The third kappa shape index (κ3) is 4.15. The molecule has 28 heavy (non-hydrogen) atoms. The van der Waals surface area contributed by atoms with Crippen molar-refractivity contribution in [1.82, 2.24) is 19.7 Å². The summed E-state index contributed by atoms with van der Waals surface area (Å²) in [5.41, 5.74) is 8.36. The Hall–Kier alpha value is -3.32. The number of hydrogen-bond acceptors (Lipinski definition) is 6. The molecular weight excluding hydrogens is 381 g/mol. The third-order valence-electron chi connectivity index (χ3n) is 4.27. The standard InChI is InChI=1S/C18H18FN7OS/c1-10-11(2)26(8-12-3-5-13(19)6-4-12)16(14(10)7-20)22-15(27)9-28-18-23-17(21)24-25-18/h3-6H,8-9H2,1-2H3,(H,22,27)(H3,21,23,24,25). The number of hydrogen-bond donors (Lipinski definition) is 3. The van der Waals surface area contributed by atoms with Crippen LogP contribution in [0.15, 0.2) is 29.4 Å². The second-order valence-electron chi connectivity index (χ2n) is 6.10. The fourth-order valence-corrected chi connectivity index (χ4v) is 3.33. The molecule has 0 aliphatic rings. The predicted molar refractivity (Wildman–Crippen MR) is 104 cm³/mol. The number of nitrogens with zero attached hydrogens (tertiary/aromatic N) is 4. The van der Waals surface area contributed by atoms with Crippen LogP contribution in [-0.4, -0.2) is 31.4 Å². The Morgan fingerprint density at radius 2 is 2.11 bits per heavy atom. The fraction of sp³-hybridized carbons (Fsp3) is 0.222. The van der Waals surface area contributed by atoms with Crippen LogP contribution in [0, 0.1) is 31.0 Å². The van der Waals surface area contributed by atoms with E-state index in [2.05, 4.69) is 26.6 Å². The average molecular weight is 399 g/mol. The highest BCUT2D eigenvalue weighted by Gasteiger charge is 2.20. The van der Waals surface area contributed by atoms with E-state index in [0.717, 1.165) is 28.6 Å². The Labute approximate surface area is 165 Å². The summed E-state index contributed by atoms with van der Waals surface area (Å²) in [6.07, 6.45) is 0. The van der Waals surface area contributed by atoms with Crippen LogP contribution in [0.25, 0.3) is 0 Å². The second kappa shape index (κ2) is 8.14. The quantitative estimate of drug-likeness (QED) is 0.547. The molecule has 3 rings (SSSR count). The first-order valence-electron chi connectivity index (χ1n) is 8.33. The van der Waals surface area contributed by atoms with Crippen LogP contribution in [0.4, 0.5) is 16.2 Å². The van der Waals surface area contributed by atoms with Gasteiger partial charge in [-0.25, -0.2) is 9.49 Å². The molecule has 0 spiro atoms. The van der Waals surface area contributed by atoms with Gasteiger partial charge in [0.2, 0.25) is 17.0 Å². The Balaban J connectivity index is 1.82. The summed E-state index contributed by atoms with van der Waals surface area (Å²) in [5, 5.41) is 19.1. The van der Waals surface area contributed by atoms with Crippen molar-refractivity contribution in [3.05, 3.63) is 52.5 Å². The maximum atomic E-state index is 13.2. The summed E-state index contributed by atoms with van der Waals surface area (Å²) in [4.78, 5) is 16.4. The largest absolute Gasteiger partial charge is 0.368 e. The zero-order chi connectivity index (χ0) is 20.3. The highest BCUT2D eigenvalue weighted by atomic mass is 32.2. The number of rotatable bonds is 6. The van der Waals surface area contributed by atoms with Crippen LogP contribution >= 0.6 is 11.8 Å². The molecule has 0 unspecified atom stereocenters. The second-order valence-corrected chi connectivity index (χ2v) is 7.04. The van der Waals surface area contributed by atoms with Crippen LogP contribution < -0.4 is 11.1 Å². The van der Waals surface area contributed by atoms with E-state index in [1.807, 2.05) is 18.4 Å². The molecule has 0 aliphatic heterocycles. The first-order valence-corrected chi connectivity index (χ1v) is 9.32. The van der Waals surface area contributed by atoms with Crippen LogP contribution in [0.1, 0.15) is 22.4 Å². The van der Waals surface area contributed by atoms with Crippen LogP contribution in [-0.2, 0) is 11.3 Å². The number of thioether (sulfide) groups is 1. The maximum Gasteiger partial charge on any atom is 0.235 e. The van der Waals surface area contributed by atoms with Gasteiger partial charge in [0.1, 0.15) is 17.7 Å². The predicted octanol–water partition coefficient (Wildman–Crippen LogP) is 2.60. The molecular formula is C18H18FN7OS. The molecule has 0 fully saturated rings. The lowest BCUT2D eigenvalue weighted by Gasteiger charge is -2.13. The molecule has 1 amide bonds. The lowest BCUT2D eigenvalue weighted by molar-refractivity contribution is -0.113. The molecule has 3 aromatic rings. The summed E-state index contributed by atoms with van der Waals surface area (Å²) >= 11 is 1.13. The van der Waals surface area contributed by atoms with Gasteiger partial charge in [-0.2, -0.15) is 10.2 Å². The van der Waals surface area contributed by atoms with Crippen LogP contribution in [0.2, 0.25) is 0 Å². The van der Waals surface area contributed by atoms with Crippen molar-refractivity contribution in [2.75, 3.05) is 16.8 Å². The number of H-pyrrole nitrogens is 1. The molecule has 8 nitrogen and oxygen atoms in total. The van der Waals surface area contributed by atoms with Crippen molar-refractivity contribution >= 4 is 29.4 Å². The Morgan fingerprint density at radius 3 is 2.71 bits per heavy atom. The van der Waals surface area contributed by atoms with Crippen molar-refractivity contribution in [1.29, 1.82) is 5.26 Å². The van der Waals surface area contributed by atoms with Crippen molar-refractivity contribution in [2.24, 2.45) is 0 Å². The number of anilines is 2. The summed E-state index contributed by atoms with van der Waals surface area (Å²) in [7, 11) is 0. The van der Waals surface area contributed by atoms with E-state index >= 15 is 0 Å². The molecule has 0 radical (unpaired) electrons. The molecule has 0 saturated carbocycles. The van der Waals surface area contributed by atoms with Gasteiger partial charge in [-0.05, 0) is 37.1 Å². The SMILES string of the molecule is Cc1c(C#N)c(NC(=O)CSc2n[nH]c(N)n2)n(Cc2ccc(F)cc2)c1C. The average Bonchev–Trinajstić information content (AvgIpc) is 3.18. The van der Waals surface area contributed by atoms with Gasteiger partial charge >= 0.3 is 0 Å². The number of aromatic amines is 1. The Kier molecular flexibility index (Phi) is 5.65. The minimum atomic E-state index is -0.319. The van der Waals surface area contributed by atoms with E-state index in [1.54, 1.807) is 12.1 Å². The topological polar surface area (TPSA) is 125 Å². The number of nitrogens with one attached hydrogen (secondary N) is 2. The van der Waals surface area contributed by atoms with Gasteiger partial charge in [0, 0.05) is 12.2 Å². The first-order chi connectivity index (χ1) is 13.4. The third-order valence-corrected chi connectivity index (χ3v) is 5.11. The molecule has 0 aliphatic carbocycles. The van der Waals surface area contributed by atoms with Crippen LogP contribution in [0.5, 0.6) is 0 Å². The lowest BCUT2D eigenvalue weighted by atomic mass is 10.2. The van der Waals surface area contributed by atoms with E-state index in [4.69, 9.17) is 5.73 Å². The number of nitrogen functional groups attached to an aromatic ring is 1. The highest BCUT2D eigenvalue weighted by molar-refractivity contribution is 7.99. The number of aromatic nitrogens is 4. The number of benzene rings is 1. The van der Waals surface area contributed by atoms with Gasteiger partial charge in [-0.3, -0.25) is 4.79 Å². The number of halogens is 1. The van der Waals surface area contributed by atoms with E-state index in [0.29, 0.717) is 23.1 Å². The summed E-state index contributed by atoms with van der Waals surface area (Å²) in [5.74, 6) is 0.0286. The zero-order valence-corrected chi connectivity index (χ0v) is 16.1. The normalized spacial score (nSPS) is 10.6. The molecule has 2 aromatic heterocycles. The molecule has 2 heterocycles. The Morgan fingerprint density at radius 1 is 1.39 bits per heavy atom. The van der Waals surface area contributed by atoms with Crippen molar-refractivity contribution in [2.45, 2.75) is 25.5 Å². The molecule has 144 valence electrons. The minimum absolute atomic E-state index is 0.0575. The van der Waals surface area contributed by atoms with Gasteiger partial charge < -0.3 is 15.6 Å². The van der Waals surface area contributed by atoms with E-state index in [1.165, 1.54) is 12.1 Å². The van der Waals surface area contributed by atoms with Gasteiger partial charge in [-0.15, -0.1) is 5.10 Å². The van der Waals surface area contributed by atoms with E-state index < -0.39 is 0 Å². The molecule has 1 aromatic carbocycles. The van der Waals surface area contributed by atoms with E-state index in [9.17, 15) is 14.4 Å². The lowest BCUT2D eigenvalue weighted by Crippen LogP contribution is -2.18. The molecule has 4 N–H and O–H groups in total. The fourth-order valence-electron chi connectivity index (χ4n) is 2.72. The van der Waals surface area contributed by atoms with E-state index in [-0.39, 0.29) is 23.4 Å². The number of nitriles is 1. The van der Waals surface area contributed by atoms with Gasteiger partial charge in [0.05, 0.1) is 11.3 Å². The molecule has 0 atom stereocenters. The van der Waals surface area contributed by atoms with Crippen molar-refractivity contribution in [3.63, 3.8) is 0 Å². The number of carbonyl (C=O) groups excluding carboxylic acids is 1. The number of nitrogens with two attached hydrogens (primary N) is 1. The zero-order valence-electron chi connectivity index (χ0n) is 15.3. The molecule has 0 saturated heterocycles. The summed E-state index contributed by atoms with van der Waals surface area (Å²) < 4.78 is 15.0. The minimum Gasteiger partial charge on any atom is -0.368 e. The van der Waals surface area contributed by atoms with Gasteiger partial charge in [-0.1, -0.05) is 23.9 Å². The van der Waals surface area contributed by atoms with Gasteiger partial charge in [0.25, 0.3) is 0 Å². The van der Waals surface area contributed by atoms with Gasteiger partial charge in [0.15, 0.2) is 0 Å². The smallest absolute Gasteiger partial charge is 0.235 e. The molecule has 0 bridgehead atoms. The van der Waals surface area contributed by atoms with Crippen molar-refractivity contribution in [3.8, 4) is 6.07 Å². The monoisotopic (exact) mass is 399 g/mol. The summed E-state index contributed by atoms with van der Waals surface area (Å²) in [6.45, 7) is 4.10. The van der Waals surface area contributed by atoms with Crippen molar-refractivity contribution < 1.29 is 9.18 Å². The number of amides is 1. The Bertz CT molecular complexity index is 1050. The van der Waals surface area contributed by atoms with Crippen LogP contribution in [0.3, 0.4) is 0 Å².